The average Bonchev–Trinajstić information content (AvgIpc) is 3.14. The first-order valence-electron chi connectivity index (χ1n) is 9.85. The lowest BCUT2D eigenvalue weighted by Gasteiger charge is -2.14. The number of aromatic nitrogens is 6. The molecule has 162 valence electrons. The number of aryl methyl sites for hydroxylation is 1. The third-order valence-electron chi connectivity index (χ3n) is 4.45. The maximum absolute atomic E-state index is 5.93. The molecule has 0 saturated heterocycles. The van der Waals surface area contributed by atoms with Gasteiger partial charge in [-0.05, 0) is 26.0 Å². The summed E-state index contributed by atoms with van der Waals surface area (Å²) in [5.41, 5.74) is 9.58. The number of aromatic amines is 1. The number of rotatable bonds is 6. The monoisotopic (exact) mass is 420 g/mol. The number of hydrogen-bond acceptors (Lipinski definition) is 8. The minimum absolute atomic E-state index is 0.222. The van der Waals surface area contributed by atoms with Gasteiger partial charge in [0.05, 0.1) is 24.2 Å². The van der Waals surface area contributed by atoms with E-state index < -0.39 is 0 Å². The second-order valence-corrected chi connectivity index (χ2v) is 8.03. The molecule has 0 unspecified atom stereocenters. The Balaban J connectivity index is 2.18. The fourth-order valence-electron chi connectivity index (χ4n) is 2.93. The number of nitrogens with zero attached hydrogens (tertiary/aromatic N) is 5. The van der Waals surface area contributed by atoms with Crippen molar-refractivity contribution in [2.75, 3.05) is 18.2 Å². The first-order valence-corrected chi connectivity index (χ1v) is 9.85. The molecule has 0 aliphatic heterocycles. The van der Waals surface area contributed by atoms with Crippen LogP contribution in [0.3, 0.4) is 0 Å². The highest BCUT2D eigenvalue weighted by Gasteiger charge is 2.25. The fraction of sp³-hybridized carbons (Fsp3) is 0.318. The first-order chi connectivity index (χ1) is 14.6. The fourth-order valence-corrected chi connectivity index (χ4v) is 2.93. The molecule has 3 rings (SSSR count). The number of hydrogen-bond donors (Lipinski definition) is 3. The highest BCUT2D eigenvalue weighted by molar-refractivity contribution is 5.77. The lowest BCUT2D eigenvalue weighted by atomic mass is 9.96. The van der Waals surface area contributed by atoms with Crippen molar-refractivity contribution in [2.45, 2.75) is 40.0 Å². The zero-order valence-corrected chi connectivity index (χ0v) is 18.7. The molecule has 9 nitrogen and oxygen atoms in total. The summed E-state index contributed by atoms with van der Waals surface area (Å²) in [7, 11) is 1.51. The van der Waals surface area contributed by atoms with Crippen LogP contribution < -0.4 is 15.8 Å². The SMILES string of the molecule is C=C(/C=C\C)Nc1nccc(-c2nc(C(C)(C)C)[nH]c2-c2nc(OC)c(N)nc2C)n1. The van der Waals surface area contributed by atoms with Crippen molar-refractivity contribution < 1.29 is 4.74 Å². The van der Waals surface area contributed by atoms with E-state index in [0.717, 1.165) is 5.82 Å². The molecule has 0 spiro atoms. The molecule has 9 heteroatoms. The topological polar surface area (TPSA) is 128 Å². The smallest absolute Gasteiger partial charge is 0.257 e. The van der Waals surface area contributed by atoms with E-state index in [9.17, 15) is 0 Å². The maximum Gasteiger partial charge on any atom is 0.257 e. The number of ether oxygens (including phenoxy) is 1. The van der Waals surface area contributed by atoms with Crippen LogP contribution >= 0.6 is 0 Å². The van der Waals surface area contributed by atoms with Gasteiger partial charge in [0.15, 0.2) is 5.82 Å². The van der Waals surface area contributed by atoms with Crippen LogP contribution in [0.15, 0.2) is 36.7 Å². The van der Waals surface area contributed by atoms with E-state index in [4.69, 9.17) is 15.5 Å². The molecule has 0 fully saturated rings. The number of nitrogens with two attached hydrogens (primary N) is 1. The molecular weight excluding hydrogens is 392 g/mol. The molecule has 0 atom stereocenters. The van der Waals surface area contributed by atoms with E-state index in [0.29, 0.717) is 40.1 Å². The second kappa shape index (κ2) is 8.55. The summed E-state index contributed by atoms with van der Waals surface area (Å²) in [5.74, 6) is 1.70. The van der Waals surface area contributed by atoms with Gasteiger partial charge in [-0.25, -0.2) is 24.9 Å². The van der Waals surface area contributed by atoms with Crippen molar-refractivity contribution in [2.24, 2.45) is 0 Å². The van der Waals surface area contributed by atoms with Gasteiger partial charge >= 0.3 is 0 Å². The molecule has 0 aliphatic rings. The number of nitrogens with one attached hydrogen (secondary N) is 2. The highest BCUT2D eigenvalue weighted by Crippen LogP contribution is 2.34. The molecule has 0 radical (unpaired) electrons. The Morgan fingerprint density at radius 3 is 2.58 bits per heavy atom. The Kier molecular flexibility index (Phi) is 6.05. The summed E-state index contributed by atoms with van der Waals surface area (Å²) in [6, 6.07) is 1.80. The third kappa shape index (κ3) is 4.71. The van der Waals surface area contributed by atoms with Crippen LogP contribution in [-0.4, -0.2) is 37.0 Å². The van der Waals surface area contributed by atoms with E-state index >= 15 is 0 Å². The highest BCUT2D eigenvalue weighted by atomic mass is 16.5. The standard InChI is InChI=1S/C22H28N8O/c1-8-9-12(2)25-21-24-11-10-14(27-21)16-17(30-20(29-16)22(4,5)6)15-13(3)26-18(23)19(28-15)31-7/h8-11H,2H2,1,3-7H3,(H2,23,26)(H,29,30)(H,24,25,27)/b9-8-. The summed E-state index contributed by atoms with van der Waals surface area (Å²) in [4.78, 5) is 26.1. The van der Waals surface area contributed by atoms with Crippen LogP contribution in [0.25, 0.3) is 22.8 Å². The number of allylic oxidation sites excluding steroid dienone is 2. The Labute approximate surface area is 181 Å². The normalized spacial score (nSPS) is 11.7. The molecule has 0 aliphatic carbocycles. The molecule has 3 aromatic rings. The van der Waals surface area contributed by atoms with Gasteiger partial charge in [0.25, 0.3) is 5.88 Å². The van der Waals surface area contributed by atoms with E-state index in [1.807, 2.05) is 26.0 Å². The van der Waals surface area contributed by atoms with Crippen molar-refractivity contribution in [3.05, 3.63) is 48.2 Å². The number of methoxy groups -OCH3 is 1. The van der Waals surface area contributed by atoms with Crippen LogP contribution in [0, 0.1) is 6.92 Å². The predicted octanol–water partition coefficient (Wildman–Crippen LogP) is 4.02. The lowest BCUT2D eigenvalue weighted by Crippen LogP contribution is -2.13. The van der Waals surface area contributed by atoms with E-state index in [1.54, 1.807) is 12.3 Å². The molecular formula is C22H28N8O. The van der Waals surface area contributed by atoms with Gasteiger partial charge < -0.3 is 20.8 Å². The minimum Gasteiger partial charge on any atom is -0.478 e. The Hall–Kier alpha value is -3.75. The van der Waals surface area contributed by atoms with Crippen molar-refractivity contribution in [1.29, 1.82) is 0 Å². The molecule has 0 saturated carbocycles. The first kappa shape index (κ1) is 21.9. The molecule has 4 N–H and O–H groups in total. The van der Waals surface area contributed by atoms with Crippen LogP contribution in [0.1, 0.15) is 39.2 Å². The third-order valence-corrected chi connectivity index (χ3v) is 4.45. The number of imidazole rings is 1. The van der Waals surface area contributed by atoms with Crippen LogP contribution in [-0.2, 0) is 5.41 Å². The van der Waals surface area contributed by atoms with Gasteiger partial charge in [0, 0.05) is 17.3 Å². The summed E-state index contributed by atoms with van der Waals surface area (Å²) >= 11 is 0. The van der Waals surface area contributed by atoms with Gasteiger partial charge in [0.2, 0.25) is 5.95 Å². The number of anilines is 2. The van der Waals surface area contributed by atoms with Gasteiger partial charge in [-0.3, -0.25) is 0 Å². The molecule has 0 amide bonds. The molecule has 3 aromatic heterocycles. The molecule has 31 heavy (non-hydrogen) atoms. The van der Waals surface area contributed by atoms with E-state index in [2.05, 4.69) is 57.6 Å². The van der Waals surface area contributed by atoms with Crippen molar-refractivity contribution in [1.82, 2.24) is 29.9 Å². The number of H-pyrrole nitrogens is 1. The zero-order chi connectivity index (χ0) is 22.8. The molecule has 0 aromatic carbocycles. The van der Waals surface area contributed by atoms with Crippen LogP contribution in [0.4, 0.5) is 11.8 Å². The van der Waals surface area contributed by atoms with E-state index in [1.165, 1.54) is 7.11 Å². The minimum atomic E-state index is -0.222. The summed E-state index contributed by atoms with van der Waals surface area (Å²) < 4.78 is 5.28. The van der Waals surface area contributed by atoms with Gasteiger partial charge in [-0.1, -0.05) is 33.4 Å². The summed E-state index contributed by atoms with van der Waals surface area (Å²) in [5, 5.41) is 3.08. The molecule has 0 bridgehead atoms. The van der Waals surface area contributed by atoms with Gasteiger partial charge in [0.1, 0.15) is 17.2 Å². The number of nitrogen functional groups attached to an aromatic ring is 1. The second-order valence-electron chi connectivity index (χ2n) is 8.03. The predicted molar refractivity (Wildman–Crippen MR) is 123 cm³/mol. The Bertz CT molecular complexity index is 1140. The van der Waals surface area contributed by atoms with Crippen LogP contribution in [0.5, 0.6) is 5.88 Å². The van der Waals surface area contributed by atoms with Crippen molar-refractivity contribution in [3.63, 3.8) is 0 Å². The summed E-state index contributed by atoms with van der Waals surface area (Å²) in [6.07, 6.45) is 5.40. The van der Waals surface area contributed by atoms with Crippen molar-refractivity contribution in [3.8, 4) is 28.7 Å². The zero-order valence-electron chi connectivity index (χ0n) is 18.7. The van der Waals surface area contributed by atoms with E-state index in [-0.39, 0.29) is 17.1 Å². The Morgan fingerprint density at radius 2 is 1.94 bits per heavy atom. The van der Waals surface area contributed by atoms with Crippen molar-refractivity contribution >= 4 is 11.8 Å². The molecule has 3 heterocycles. The maximum atomic E-state index is 5.93. The summed E-state index contributed by atoms with van der Waals surface area (Å²) in [6.45, 7) is 13.9. The van der Waals surface area contributed by atoms with Gasteiger partial charge in [-0.2, -0.15) is 0 Å². The van der Waals surface area contributed by atoms with Crippen LogP contribution in [0.2, 0.25) is 0 Å². The Morgan fingerprint density at radius 1 is 1.19 bits per heavy atom. The van der Waals surface area contributed by atoms with Gasteiger partial charge in [-0.15, -0.1) is 0 Å². The largest absolute Gasteiger partial charge is 0.478 e. The average molecular weight is 421 g/mol. The lowest BCUT2D eigenvalue weighted by molar-refractivity contribution is 0.398. The quantitative estimate of drug-likeness (QED) is 0.510.